The summed E-state index contributed by atoms with van der Waals surface area (Å²) in [6.07, 6.45) is 0. The number of thiophene rings is 1. The number of benzene rings is 2. The summed E-state index contributed by atoms with van der Waals surface area (Å²) in [6.45, 7) is -2.62. The molecule has 2 amide bonds. The third kappa shape index (κ3) is 4.46. The fourth-order valence-corrected chi connectivity index (χ4v) is 3.58. The largest absolute Gasteiger partial charge is 0.497 e. The van der Waals surface area contributed by atoms with Crippen LogP contribution in [0.3, 0.4) is 0 Å². The lowest BCUT2D eigenvalue weighted by Crippen LogP contribution is -2.31. The lowest BCUT2D eigenvalue weighted by molar-refractivity contribution is -0.0493. The summed E-state index contributed by atoms with van der Waals surface area (Å²) in [5.74, 6) is 0.284. The van der Waals surface area contributed by atoms with E-state index in [0.29, 0.717) is 12.3 Å². The van der Waals surface area contributed by atoms with Gasteiger partial charge in [0.25, 0.3) is 0 Å². The van der Waals surface area contributed by atoms with E-state index >= 15 is 0 Å². The maximum atomic E-state index is 12.6. The average molecular weight is 392 g/mol. The summed E-state index contributed by atoms with van der Waals surface area (Å²) in [5, 5.41) is 5.70. The van der Waals surface area contributed by atoms with E-state index in [1.807, 2.05) is 29.6 Å². The Morgan fingerprint density at radius 3 is 2.78 bits per heavy atom. The van der Waals surface area contributed by atoms with Crippen molar-refractivity contribution in [1.29, 1.82) is 0 Å². The van der Waals surface area contributed by atoms with Crippen molar-refractivity contribution in [1.82, 2.24) is 4.90 Å². The quantitative estimate of drug-likeness (QED) is 0.629. The van der Waals surface area contributed by atoms with Crippen LogP contribution in [0.25, 0.3) is 10.1 Å². The number of hydrogen-bond acceptors (Lipinski definition) is 4. The molecule has 0 unspecified atom stereocenters. The van der Waals surface area contributed by atoms with Gasteiger partial charge in [0, 0.05) is 24.4 Å². The highest BCUT2D eigenvalue weighted by atomic mass is 32.1. The fraction of sp³-hybridized carbons (Fsp3) is 0.211. The normalized spacial score (nSPS) is 10.9. The van der Waals surface area contributed by atoms with E-state index in [0.717, 1.165) is 15.6 Å². The number of anilines is 1. The summed E-state index contributed by atoms with van der Waals surface area (Å²) in [4.78, 5) is 14.0. The number of urea groups is 1. The number of alkyl halides is 2. The fourth-order valence-electron chi connectivity index (χ4n) is 2.63. The van der Waals surface area contributed by atoms with Crippen molar-refractivity contribution in [3.8, 4) is 11.5 Å². The minimum absolute atomic E-state index is 0.113. The molecule has 0 aliphatic carbocycles. The highest BCUT2D eigenvalue weighted by Gasteiger charge is 2.17. The zero-order valence-corrected chi connectivity index (χ0v) is 15.6. The minimum atomic E-state index is -3.00. The van der Waals surface area contributed by atoms with Gasteiger partial charge in [-0.05, 0) is 34.5 Å². The molecule has 0 aliphatic heterocycles. The Kier molecular flexibility index (Phi) is 5.75. The molecule has 27 heavy (non-hydrogen) atoms. The second-order valence-corrected chi connectivity index (χ2v) is 6.70. The third-order valence-corrected chi connectivity index (χ3v) is 4.97. The molecule has 1 aromatic heterocycles. The van der Waals surface area contributed by atoms with E-state index in [1.165, 1.54) is 30.2 Å². The number of ether oxygens (including phenoxy) is 2. The molecule has 0 saturated carbocycles. The molecule has 8 heteroatoms. The lowest BCUT2D eigenvalue weighted by Gasteiger charge is -2.19. The number of fused-ring (bicyclic) bond motifs is 1. The minimum Gasteiger partial charge on any atom is -0.497 e. The summed E-state index contributed by atoms with van der Waals surface area (Å²) >= 11 is 1.61. The molecular formula is C19H18F2N2O3S. The number of nitrogens with one attached hydrogen (secondary N) is 1. The van der Waals surface area contributed by atoms with Crippen LogP contribution in [-0.2, 0) is 6.54 Å². The van der Waals surface area contributed by atoms with E-state index in [9.17, 15) is 13.6 Å². The maximum Gasteiger partial charge on any atom is 0.387 e. The zero-order valence-electron chi connectivity index (χ0n) is 14.7. The van der Waals surface area contributed by atoms with Crippen molar-refractivity contribution in [3.63, 3.8) is 0 Å². The van der Waals surface area contributed by atoms with Crippen LogP contribution >= 0.6 is 11.3 Å². The van der Waals surface area contributed by atoms with Crippen molar-refractivity contribution in [2.75, 3.05) is 19.5 Å². The number of amides is 2. The molecule has 0 saturated heterocycles. The number of carbonyl (C=O) groups excluding carboxylic acids is 1. The average Bonchev–Trinajstić information content (AvgIpc) is 3.05. The van der Waals surface area contributed by atoms with Crippen molar-refractivity contribution in [2.45, 2.75) is 13.2 Å². The van der Waals surface area contributed by atoms with Gasteiger partial charge in [-0.15, -0.1) is 11.3 Å². The first-order valence-electron chi connectivity index (χ1n) is 8.08. The van der Waals surface area contributed by atoms with Crippen LogP contribution in [0, 0.1) is 0 Å². The van der Waals surface area contributed by atoms with Crippen LogP contribution in [0.5, 0.6) is 11.5 Å². The van der Waals surface area contributed by atoms with Crippen LogP contribution in [0.1, 0.15) is 5.56 Å². The van der Waals surface area contributed by atoms with Crippen LogP contribution in [0.2, 0.25) is 0 Å². The predicted molar refractivity (Wildman–Crippen MR) is 102 cm³/mol. The van der Waals surface area contributed by atoms with E-state index in [2.05, 4.69) is 10.1 Å². The molecule has 1 N–H and O–H groups in total. The Morgan fingerprint density at radius 2 is 2.04 bits per heavy atom. The van der Waals surface area contributed by atoms with Gasteiger partial charge in [0.1, 0.15) is 11.5 Å². The molecule has 0 spiro atoms. The number of rotatable bonds is 6. The SMILES string of the molecule is COc1ccc(OC(F)F)c(NC(=O)N(C)Cc2csc3ccccc23)c1. The number of carbonyl (C=O) groups is 1. The van der Waals surface area contributed by atoms with E-state index in [4.69, 9.17) is 4.74 Å². The highest BCUT2D eigenvalue weighted by Crippen LogP contribution is 2.31. The van der Waals surface area contributed by atoms with E-state index in [-0.39, 0.29) is 11.4 Å². The first-order chi connectivity index (χ1) is 13.0. The summed E-state index contributed by atoms with van der Waals surface area (Å²) in [5.41, 5.74) is 1.13. The molecule has 5 nitrogen and oxygen atoms in total. The van der Waals surface area contributed by atoms with Crippen molar-refractivity contribution >= 4 is 33.1 Å². The summed E-state index contributed by atoms with van der Waals surface area (Å²) in [7, 11) is 3.08. The third-order valence-electron chi connectivity index (χ3n) is 3.96. The van der Waals surface area contributed by atoms with Gasteiger partial charge in [-0.2, -0.15) is 8.78 Å². The number of methoxy groups -OCH3 is 1. The summed E-state index contributed by atoms with van der Waals surface area (Å²) < 4.78 is 35.9. The first kappa shape index (κ1) is 18.9. The van der Waals surface area contributed by atoms with Gasteiger partial charge in [-0.1, -0.05) is 18.2 Å². The Morgan fingerprint density at radius 1 is 1.26 bits per heavy atom. The Labute approximate surface area is 159 Å². The second-order valence-electron chi connectivity index (χ2n) is 5.78. The van der Waals surface area contributed by atoms with Gasteiger partial charge in [0.15, 0.2) is 0 Å². The number of nitrogens with zero attached hydrogens (tertiary/aromatic N) is 1. The Bertz CT molecular complexity index is 946. The molecule has 0 fully saturated rings. The molecule has 0 atom stereocenters. The Balaban J connectivity index is 1.76. The van der Waals surface area contributed by atoms with Gasteiger partial charge < -0.3 is 19.7 Å². The zero-order chi connectivity index (χ0) is 19.4. The van der Waals surface area contributed by atoms with Crippen molar-refractivity contribution in [2.24, 2.45) is 0 Å². The summed E-state index contributed by atoms with van der Waals surface area (Å²) in [6, 6.07) is 11.7. The van der Waals surface area contributed by atoms with Gasteiger partial charge in [0.2, 0.25) is 0 Å². The van der Waals surface area contributed by atoms with Crippen molar-refractivity contribution in [3.05, 3.63) is 53.4 Å². The molecule has 142 valence electrons. The molecule has 0 bridgehead atoms. The van der Waals surface area contributed by atoms with Crippen LogP contribution in [0.15, 0.2) is 47.8 Å². The second kappa shape index (κ2) is 8.22. The topological polar surface area (TPSA) is 50.8 Å². The molecule has 0 radical (unpaired) electrons. The van der Waals surface area contributed by atoms with Crippen molar-refractivity contribution < 1.29 is 23.0 Å². The van der Waals surface area contributed by atoms with Gasteiger partial charge in [-0.25, -0.2) is 4.79 Å². The number of halogens is 2. The standard InChI is InChI=1S/C19H18F2N2O3S/c1-23(10-12-11-27-17-6-4-3-5-14(12)17)19(24)22-15-9-13(25-2)7-8-16(15)26-18(20)21/h3-9,11,18H,10H2,1-2H3,(H,22,24). The molecule has 3 aromatic rings. The molecule has 1 heterocycles. The van der Waals surface area contributed by atoms with Gasteiger partial charge >= 0.3 is 12.6 Å². The van der Waals surface area contributed by atoms with Crippen LogP contribution in [-0.4, -0.2) is 31.7 Å². The van der Waals surface area contributed by atoms with E-state index in [1.54, 1.807) is 18.4 Å². The monoisotopic (exact) mass is 392 g/mol. The molecule has 3 rings (SSSR count). The smallest absolute Gasteiger partial charge is 0.387 e. The van der Waals surface area contributed by atoms with Gasteiger partial charge in [-0.3, -0.25) is 0 Å². The van der Waals surface area contributed by atoms with Gasteiger partial charge in [0.05, 0.1) is 12.8 Å². The first-order valence-corrected chi connectivity index (χ1v) is 8.96. The molecular weight excluding hydrogens is 374 g/mol. The maximum absolute atomic E-state index is 12.6. The van der Waals surface area contributed by atoms with Crippen LogP contribution < -0.4 is 14.8 Å². The lowest BCUT2D eigenvalue weighted by atomic mass is 10.2. The predicted octanol–water partition coefficient (Wildman–Crippen LogP) is 5.18. The number of hydrogen-bond donors (Lipinski definition) is 1. The molecule has 2 aromatic carbocycles. The van der Waals surface area contributed by atoms with Crippen LogP contribution in [0.4, 0.5) is 19.3 Å². The molecule has 0 aliphatic rings. The highest BCUT2D eigenvalue weighted by molar-refractivity contribution is 7.17. The van der Waals surface area contributed by atoms with E-state index < -0.39 is 12.6 Å². The Hall–Kier alpha value is -2.87.